The predicted molar refractivity (Wildman–Crippen MR) is 84.4 cm³/mol. The summed E-state index contributed by atoms with van der Waals surface area (Å²) in [6.07, 6.45) is 0. The number of nitrogens with one attached hydrogen (secondary N) is 1. The topological polar surface area (TPSA) is 21.3 Å². The normalized spacial score (nSPS) is 10.4. The van der Waals surface area contributed by atoms with Gasteiger partial charge in [0, 0.05) is 17.6 Å². The van der Waals surface area contributed by atoms with Crippen molar-refractivity contribution in [2.75, 3.05) is 18.5 Å². The number of para-hydroxylation sites is 1. The molecular weight excluding hydrogens is 246 g/mol. The second kappa shape index (κ2) is 6.11. The molecule has 0 saturated carbocycles. The molecule has 0 heterocycles. The summed E-state index contributed by atoms with van der Waals surface area (Å²) in [4.78, 5) is 0. The first-order valence-corrected chi connectivity index (χ1v) is 6.83. The van der Waals surface area contributed by atoms with Gasteiger partial charge >= 0.3 is 0 Å². The number of benzene rings is 3. The maximum atomic E-state index is 5.88. The van der Waals surface area contributed by atoms with Crippen molar-refractivity contribution in [3.8, 4) is 5.75 Å². The molecular formula is C18H17NO. The molecule has 0 aromatic heterocycles. The van der Waals surface area contributed by atoms with Crippen LogP contribution >= 0.6 is 0 Å². The summed E-state index contributed by atoms with van der Waals surface area (Å²) in [5, 5.41) is 5.71. The summed E-state index contributed by atoms with van der Waals surface area (Å²) in [6.45, 7) is 1.43. The number of fused-ring (bicyclic) bond motifs is 1. The Kier molecular flexibility index (Phi) is 3.83. The van der Waals surface area contributed by atoms with E-state index in [-0.39, 0.29) is 0 Å². The van der Waals surface area contributed by atoms with Crippen molar-refractivity contribution in [1.82, 2.24) is 0 Å². The second-order valence-electron chi connectivity index (χ2n) is 4.62. The van der Waals surface area contributed by atoms with Gasteiger partial charge in [0.1, 0.15) is 12.4 Å². The lowest BCUT2D eigenvalue weighted by Crippen LogP contribution is -2.11. The van der Waals surface area contributed by atoms with Crippen molar-refractivity contribution in [1.29, 1.82) is 0 Å². The van der Waals surface area contributed by atoms with Crippen LogP contribution in [0.1, 0.15) is 0 Å². The number of hydrogen-bond acceptors (Lipinski definition) is 2. The molecule has 0 aliphatic rings. The highest BCUT2D eigenvalue weighted by Gasteiger charge is 2.00. The lowest BCUT2D eigenvalue weighted by atomic mass is 10.1. The first-order valence-electron chi connectivity index (χ1n) is 6.83. The average Bonchev–Trinajstić information content (AvgIpc) is 2.53. The van der Waals surface area contributed by atoms with Crippen LogP contribution in [0.2, 0.25) is 0 Å². The molecule has 1 N–H and O–H groups in total. The SMILES string of the molecule is c1ccc(NCCOc2cccc3ccccc23)cc1. The zero-order valence-corrected chi connectivity index (χ0v) is 11.3. The van der Waals surface area contributed by atoms with E-state index < -0.39 is 0 Å². The number of rotatable bonds is 5. The van der Waals surface area contributed by atoms with Gasteiger partial charge in [-0.25, -0.2) is 0 Å². The standard InChI is InChI=1S/C18H17NO/c1-2-9-16(10-3-1)19-13-14-20-18-12-6-8-15-7-4-5-11-17(15)18/h1-12,19H,13-14H2. The van der Waals surface area contributed by atoms with E-state index in [0.717, 1.165) is 23.4 Å². The Hall–Kier alpha value is -2.48. The number of anilines is 1. The molecule has 0 bridgehead atoms. The van der Waals surface area contributed by atoms with E-state index in [1.54, 1.807) is 0 Å². The molecule has 2 heteroatoms. The largest absolute Gasteiger partial charge is 0.491 e. The molecule has 3 aromatic carbocycles. The van der Waals surface area contributed by atoms with Crippen molar-refractivity contribution in [2.24, 2.45) is 0 Å². The fourth-order valence-electron chi connectivity index (χ4n) is 2.23. The van der Waals surface area contributed by atoms with E-state index >= 15 is 0 Å². The van der Waals surface area contributed by atoms with Gasteiger partial charge in [-0.1, -0.05) is 54.6 Å². The molecule has 2 nitrogen and oxygen atoms in total. The zero-order chi connectivity index (χ0) is 13.6. The van der Waals surface area contributed by atoms with Crippen molar-refractivity contribution in [2.45, 2.75) is 0 Å². The maximum Gasteiger partial charge on any atom is 0.127 e. The lowest BCUT2D eigenvalue weighted by molar-refractivity contribution is 0.337. The highest BCUT2D eigenvalue weighted by Crippen LogP contribution is 2.24. The smallest absolute Gasteiger partial charge is 0.127 e. The van der Waals surface area contributed by atoms with Crippen LogP contribution in [0.15, 0.2) is 72.8 Å². The van der Waals surface area contributed by atoms with Gasteiger partial charge in [-0.05, 0) is 23.6 Å². The first kappa shape index (κ1) is 12.5. The summed E-state index contributed by atoms with van der Waals surface area (Å²) in [5.41, 5.74) is 1.12. The van der Waals surface area contributed by atoms with Gasteiger partial charge in [0.2, 0.25) is 0 Å². The average molecular weight is 263 g/mol. The summed E-state index contributed by atoms with van der Waals surface area (Å²) >= 11 is 0. The van der Waals surface area contributed by atoms with Crippen LogP contribution in [0.5, 0.6) is 5.75 Å². The fourth-order valence-corrected chi connectivity index (χ4v) is 2.23. The van der Waals surface area contributed by atoms with Gasteiger partial charge in [0.15, 0.2) is 0 Å². The number of ether oxygens (including phenoxy) is 1. The summed E-state index contributed by atoms with van der Waals surface area (Å²) in [7, 11) is 0. The van der Waals surface area contributed by atoms with Crippen LogP contribution in [0, 0.1) is 0 Å². The minimum atomic E-state index is 0.642. The van der Waals surface area contributed by atoms with Gasteiger partial charge in [-0.15, -0.1) is 0 Å². The van der Waals surface area contributed by atoms with Crippen LogP contribution in [0.25, 0.3) is 10.8 Å². The van der Waals surface area contributed by atoms with Crippen molar-refractivity contribution in [3.63, 3.8) is 0 Å². The third kappa shape index (κ3) is 2.91. The van der Waals surface area contributed by atoms with E-state index in [1.807, 2.05) is 42.5 Å². The monoisotopic (exact) mass is 263 g/mol. The third-order valence-corrected chi connectivity index (χ3v) is 3.21. The second-order valence-corrected chi connectivity index (χ2v) is 4.62. The molecule has 3 rings (SSSR count). The van der Waals surface area contributed by atoms with Gasteiger partial charge in [-0.3, -0.25) is 0 Å². The summed E-state index contributed by atoms with van der Waals surface area (Å²) in [6, 6.07) is 24.6. The van der Waals surface area contributed by atoms with E-state index in [0.29, 0.717) is 6.61 Å². The van der Waals surface area contributed by atoms with E-state index in [1.165, 1.54) is 5.39 Å². The molecule has 3 aromatic rings. The van der Waals surface area contributed by atoms with Crippen molar-refractivity contribution >= 4 is 16.5 Å². The molecule has 0 saturated heterocycles. The molecule has 0 radical (unpaired) electrons. The van der Waals surface area contributed by atoms with Crippen molar-refractivity contribution in [3.05, 3.63) is 72.8 Å². The van der Waals surface area contributed by atoms with Crippen LogP contribution < -0.4 is 10.1 Å². The minimum absolute atomic E-state index is 0.642. The van der Waals surface area contributed by atoms with E-state index in [4.69, 9.17) is 4.74 Å². The molecule has 20 heavy (non-hydrogen) atoms. The third-order valence-electron chi connectivity index (χ3n) is 3.21. The quantitative estimate of drug-likeness (QED) is 0.692. The molecule has 0 fully saturated rings. The summed E-state index contributed by atoms with van der Waals surface area (Å²) in [5.74, 6) is 0.943. The van der Waals surface area contributed by atoms with Crippen LogP contribution in [-0.4, -0.2) is 13.2 Å². The molecule has 0 amide bonds. The van der Waals surface area contributed by atoms with Gasteiger partial charge in [0.05, 0.1) is 0 Å². The van der Waals surface area contributed by atoms with Crippen LogP contribution in [-0.2, 0) is 0 Å². The minimum Gasteiger partial charge on any atom is -0.491 e. The Balaban J connectivity index is 1.60. The Labute approximate surface area is 119 Å². The van der Waals surface area contributed by atoms with Gasteiger partial charge in [-0.2, -0.15) is 0 Å². The Morgan fingerprint density at radius 3 is 2.40 bits per heavy atom. The molecule has 0 atom stereocenters. The Morgan fingerprint density at radius 1 is 0.750 bits per heavy atom. The zero-order valence-electron chi connectivity index (χ0n) is 11.3. The predicted octanol–water partition coefficient (Wildman–Crippen LogP) is 4.33. The summed E-state index contributed by atoms with van der Waals surface area (Å²) < 4.78 is 5.88. The molecule has 0 unspecified atom stereocenters. The van der Waals surface area contributed by atoms with E-state index in [9.17, 15) is 0 Å². The van der Waals surface area contributed by atoms with Gasteiger partial charge in [0.25, 0.3) is 0 Å². The van der Waals surface area contributed by atoms with E-state index in [2.05, 4.69) is 35.6 Å². The van der Waals surface area contributed by atoms with Gasteiger partial charge < -0.3 is 10.1 Å². The lowest BCUT2D eigenvalue weighted by Gasteiger charge is -2.10. The molecule has 0 aliphatic heterocycles. The molecule has 0 spiro atoms. The Morgan fingerprint density at radius 2 is 1.50 bits per heavy atom. The highest BCUT2D eigenvalue weighted by atomic mass is 16.5. The maximum absolute atomic E-state index is 5.88. The van der Waals surface area contributed by atoms with Crippen LogP contribution in [0.4, 0.5) is 5.69 Å². The van der Waals surface area contributed by atoms with Crippen LogP contribution in [0.3, 0.4) is 0 Å². The highest BCUT2D eigenvalue weighted by molar-refractivity contribution is 5.88. The fraction of sp³-hybridized carbons (Fsp3) is 0.111. The van der Waals surface area contributed by atoms with Crippen molar-refractivity contribution < 1.29 is 4.74 Å². The Bertz CT molecular complexity index is 674. The molecule has 100 valence electrons. The first-order chi connectivity index (χ1) is 9.93. The molecule has 0 aliphatic carbocycles. The number of hydrogen-bond donors (Lipinski definition) is 1.